The van der Waals surface area contributed by atoms with Crippen LogP contribution in [0.25, 0.3) is 0 Å². The predicted molar refractivity (Wildman–Crippen MR) is 75.9 cm³/mol. The fraction of sp³-hybridized carbons (Fsp3) is 0.625. The van der Waals surface area contributed by atoms with Gasteiger partial charge in [-0.05, 0) is 18.4 Å². The van der Waals surface area contributed by atoms with E-state index in [2.05, 4.69) is 10.2 Å². The van der Waals surface area contributed by atoms with Gasteiger partial charge in [-0.2, -0.15) is 13.2 Å². The third kappa shape index (κ3) is 3.43. The van der Waals surface area contributed by atoms with Crippen molar-refractivity contribution in [2.45, 2.75) is 31.5 Å². The SMILES string of the molecule is Fc1c([C@H](CC2CC2)N2CCNCC2)cccc1C(F)(F)F. The lowest BCUT2D eigenvalue weighted by Crippen LogP contribution is -2.45. The van der Waals surface area contributed by atoms with Gasteiger partial charge in [0.25, 0.3) is 0 Å². The number of hydrogen-bond acceptors (Lipinski definition) is 2. The molecule has 0 amide bonds. The van der Waals surface area contributed by atoms with Gasteiger partial charge in [-0.3, -0.25) is 4.90 Å². The summed E-state index contributed by atoms with van der Waals surface area (Å²) in [5.41, 5.74) is -0.954. The minimum absolute atomic E-state index is 0.198. The van der Waals surface area contributed by atoms with E-state index in [1.54, 1.807) is 0 Å². The molecule has 1 aliphatic carbocycles. The first-order chi connectivity index (χ1) is 10.5. The Labute approximate surface area is 127 Å². The fourth-order valence-electron chi connectivity index (χ4n) is 3.16. The highest BCUT2D eigenvalue weighted by Crippen LogP contribution is 2.42. The van der Waals surface area contributed by atoms with Crippen LogP contribution in [0.2, 0.25) is 0 Å². The Balaban J connectivity index is 1.92. The molecule has 1 aromatic carbocycles. The Morgan fingerprint density at radius 2 is 1.86 bits per heavy atom. The third-order valence-corrected chi connectivity index (χ3v) is 4.54. The van der Waals surface area contributed by atoms with E-state index in [-0.39, 0.29) is 11.6 Å². The Kier molecular flexibility index (Phi) is 4.41. The lowest BCUT2D eigenvalue weighted by Gasteiger charge is -2.35. The smallest absolute Gasteiger partial charge is 0.314 e. The molecule has 2 aliphatic rings. The minimum Gasteiger partial charge on any atom is -0.314 e. The van der Waals surface area contributed by atoms with Crippen molar-refractivity contribution in [2.24, 2.45) is 5.92 Å². The standard InChI is InChI=1S/C16H20F4N2/c17-15-12(2-1-3-13(15)16(18,19)20)14(10-11-4-5-11)22-8-6-21-7-9-22/h1-3,11,14,21H,4-10H2/t14-/m0/s1. The van der Waals surface area contributed by atoms with E-state index < -0.39 is 17.6 Å². The highest BCUT2D eigenvalue weighted by atomic mass is 19.4. The molecule has 0 unspecified atom stereocenters. The molecule has 0 aromatic heterocycles. The highest BCUT2D eigenvalue weighted by Gasteiger charge is 2.38. The van der Waals surface area contributed by atoms with Gasteiger partial charge in [0.15, 0.2) is 0 Å². The van der Waals surface area contributed by atoms with Crippen molar-refractivity contribution in [3.63, 3.8) is 0 Å². The summed E-state index contributed by atoms with van der Waals surface area (Å²) >= 11 is 0. The summed E-state index contributed by atoms with van der Waals surface area (Å²) in [6.45, 7) is 3.07. The van der Waals surface area contributed by atoms with Crippen LogP contribution in [0.5, 0.6) is 0 Å². The number of rotatable bonds is 4. The Morgan fingerprint density at radius 1 is 1.18 bits per heavy atom. The largest absolute Gasteiger partial charge is 0.419 e. The molecule has 1 N–H and O–H groups in total. The number of halogens is 4. The van der Waals surface area contributed by atoms with Gasteiger partial charge in [-0.15, -0.1) is 0 Å². The van der Waals surface area contributed by atoms with Gasteiger partial charge in [0.1, 0.15) is 5.82 Å². The lowest BCUT2D eigenvalue weighted by molar-refractivity contribution is -0.140. The zero-order valence-corrected chi connectivity index (χ0v) is 12.3. The molecule has 1 aliphatic heterocycles. The summed E-state index contributed by atoms with van der Waals surface area (Å²) in [6.07, 6.45) is -1.70. The average Bonchev–Trinajstić information content (AvgIpc) is 3.29. The predicted octanol–water partition coefficient (Wildman–Crippen LogP) is 3.59. The zero-order chi connectivity index (χ0) is 15.7. The van der Waals surface area contributed by atoms with Crippen LogP contribution in [0.4, 0.5) is 17.6 Å². The zero-order valence-electron chi connectivity index (χ0n) is 12.3. The number of piperazine rings is 1. The lowest BCUT2D eigenvalue weighted by atomic mass is 9.96. The molecule has 3 rings (SSSR count). The van der Waals surface area contributed by atoms with Crippen LogP contribution in [-0.4, -0.2) is 31.1 Å². The van der Waals surface area contributed by atoms with Crippen LogP contribution in [0.3, 0.4) is 0 Å². The van der Waals surface area contributed by atoms with E-state index in [1.807, 2.05) is 0 Å². The molecule has 0 bridgehead atoms. The maximum absolute atomic E-state index is 14.5. The average molecular weight is 316 g/mol. The monoisotopic (exact) mass is 316 g/mol. The van der Waals surface area contributed by atoms with Crippen LogP contribution < -0.4 is 5.32 Å². The first-order valence-electron chi connectivity index (χ1n) is 7.77. The van der Waals surface area contributed by atoms with Crippen LogP contribution in [-0.2, 0) is 6.18 Å². The van der Waals surface area contributed by atoms with Crippen molar-refractivity contribution in [3.8, 4) is 0 Å². The summed E-state index contributed by atoms with van der Waals surface area (Å²) in [6, 6.07) is 3.41. The normalized spacial score (nSPS) is 21.8. The molecule has 122 valence electrons. The molecular weight excluding hydrogens is 296 g/mol. The molecule has 1 saturated carbocycles. The van der Waals surface area contributed by atoms with Crippen LogP contribution in [0.15, 0.2) is 18.2 Å². The van der Waals surface area contributed by atoms with Gasteiger partial charge < -0.3 is 5.32 Å². The highest BCUT2D eigenvalue weighted by molar-refractivity contribution is 5.31. The van der Waals surface area contributed by atoms with E-state index in [9.17, 15) is 17.6 Å². The molecule has 1 heterocycles. The summed E-state index contributed by atoms with van der Waals surface area (Å²) in [5, 5.41) is 3.22. The van der Waals surface area contributed by atoms with Crippen molar-refractivity contribution >= 4 is 0 Å². The van der Waals surface area contributed by atoms with Gasteiger partial charge in [-0.25, -0.2) is 4.39 Å². The van der Waals surface area contributed by atoms with E-state index >= 15 is 0 Å². The minimum atomic E-state index is -4.65. The van der Waals surface area contributed by atoms with E-state index in [4.69, 9.17) is 0 Å². The number of hydrogen-bond donors (Lipinski definition) is 1. The van der Waals surface area contributed by atoms with Crippen LogP contribution in [0.1, 0.15) is 36.4 Å². The fourth-order valence-corrected chi connectivity index (χ4v) is 3.16. The Bertz CT molecular complexity index is 519. The molecule has 2 fully saturated rings. The number of nitrogens with zero attached hydrogens (tertiary/aromatic N) is 1. The number of alkyl halides is 3. The molecule has 6 heteroatoms. The first-order valence-corrected chi connectivity index (χ1v) is 7.77. The molecular formula is C16H20F4N2. The maximum atomic E-state index is 14.5. The molecule has 0 radical (unpaired) electrons. The van der Waals surface area contributed by atoms with Gasteiger partial charge >= 0.3 is 6.18 Å². The van der Waals surface area contributed by atoms with Gasteiger partial charge in [-0.1, -0.05) is 25.0 Å². The van der Waals surface area contributed by atoms with Crippen molar-refractivity contribution in [1.82, 2.24) is 10.2 Å². The van der Waals surface area contributed by atoms with Crippen molar-refractivity contribution in [3.05, 3.63) is 35.1 Å². The second-order valence-electron chi connectivity index (χ2n) is 6.19. The Hall–Kier alpha value is -1.14. The first kappa shape index (κ1) is 15.7. The second-order valence-corrected chi connectivity index (χ2v) is 6.19. The topological polar surface area (TPSA) is 15.3 Å². The van der Waals surface area contributed by atoms with Gasteiger partial charge in [0, 0.05) is 37.8 Å². The molecule has 22 heavy (non-hydrogen) atoms. The molecule has 1 atom stereocenters. The van der Waals surface area contributed by atoms with Crippen LogP contribution >= 0.6 is 0 Å². The maximum Gasteiger partial charge on any atom is 0.419 e. The van der Waals surface area contributed by atoms with Gasteiger partial charge in [0.05, 0.1) is 5.56 Å². The number of nitrogens with one attached hydrogen (secondary N) is 1. The Morgan fingerprint density at radius 3 is 2.45 bits per heavy atom. The van der Waals surface area contributed by atoms with Gasteiger partial charge in [0.2, 0.25) is 0 Å². The van der Waals surface area contributed by atoms with E-state index in [0.717, 1.165) is 51.5 Å². The number of benzene rings is 1. The summed E-state index contributed by atoms with van der Waals surface area (Å²) in [4.78, 5) is 2.12. The van der Waals surface area contributed by atoms with Crippen LogP contribution in [0, 0.1) is 11.7 Å². The van der Waals surface area contributed by atoms with E-state index in [1.165, 1.54) is 12.1 Å². The van der Waals surface area contributed by atoms with Crippen molar-refractivity contribution in [1.29, 1.82) is 0 Å². The van der Waals surface area contributed by atoms with E-state index in [0.29, 0.717) is 5.92 Å². The summed E-state index contributed by atoms with van der Waals surface area (Å²) < 4.78 is 53.3. The molecule has 0 spiro atoms. The summed E-state index contributed by atoms with van der Waals surface area (Å²) in [7, 11) is 0. The van der Waals surface area contributed by atoms with Crippen molar-refractivity contribution in [2.75, 3.05) is 26.2 Å². The van der Waals surface area contributed by atoms with Crippen molar-refractivity contribution < 1.29 is 17.6 Å². The third-order valence-electron chi connectivity index (χ3n) is 4.54. The second kappa shape index (κ2) is 6.16. The molecule has 2 nitrogen and oxygen atoms in total. The molecule has 1 aromatic rings. The quantitative estimate of drug-likeness (QED) is 0.854. The summed E-state index contributed by atoms with van der Waals surface area (Å²) in [5.74, 6) is -0.576. The molecule has 1 saturated heterocycles.